The van der Waals surface area contributed by atoms with Crippen molar-refractivity contribution in [2.45, 2.75) is 359 Å². The van der Waals surface area contributed by atoms with Gasteiger partial charge in [0.05, 0.1) is 25.4 Å². The summed E-state index contributed by atoms with van der Waals surface area (Å²) in [6.45, 7) is 5.69. The Bertz CT molecular complexity index is 1470. The summed E-state index contributed by atoms with van der Waals surface area (Å²) in [5, 5.41) is 57.1. The molecule has 1 aliphatic heterocycles. The second-order valence-electron chi connectivity index (χ2n) is 23.2. The van der Waals surface area contributed by atoms with Crippen molar-refractivity contribution in [1.29, 1.82) is 0 Å². The van der Waals surface area contributed by atoms with Gasteiger partial charge in [0.15, 0.2) is 12.4 Å². The lowest BCUT2D eigenvalue weighted by molar-refractivity contribution is -0.305. The summed E-state index contributed by atoms with van der Waals surface area (Å²) in [4.78, 5) is 26.6. The Hall–Kier alpha value is -2.38. The van der Waals surface area contributed by atoms with Gasteiger partial charge in [0, 0.05) is 6.42 Å². The van der Waals surface area contributed by atoms with E-state index >= 15 is 0 Å². The largest absolute Gasteiger partial charge is 0.454 e. The fourth-order valence-electron chi connectivity index (χ4n) is 10.5. The number of aliphatic hydroxyl groups excluding tert-OH is 5. The number of hydrogen-bond donors (Lipinski definition) is 6. The molecule has 79 heavy (non-hydrogen) atoms. The van der Waals surface area contributed by atoms with Crippen LogP contribution in [0.3, 0.4) is 0 Å². The van der Waals surface area contributed by atoms with Gasteiger partial charge in [0.25, 0.3) is 0 Å². The van der Waals surface area contributed by atoms with E-state index in [0.29, 0.717) is 19.3 Å². The van der Waals surface area contributed by atoms with E-state index in [1.165, 1.54) is 173 Å². The topological polar surface area (TPSA) is 175 Å². The Labute approximate surface area is 485 Å². The molecule has 0 aromatic heterocycles. The SMILES string of the molecule is CC/C=C/C=C/C=C/CCCCCCCCCC(=O)OC1C(OCC(NC(=O)C(O)CCCCCCCCCCCCCCCCCCCCCCCC)C(O)/C=C/CCCCCCCCCCCCC)OC(CO)C(O)C1O. The van der Waals surface area contributed by atoms with Crippen molar-refractivity contribution in [2.24, 2.45) is 0 Å². The van der Waals surface area contributed by atoms with Crippen LogP contribution in [0, 0.1) is 0 Å². The van der Waals surface area contributed by atoms with Gasteiger partial charge in [0.1, 0.15) is 24.4 Å². The van der Waals surface area contributed by atoms with Crippen LogP contribution in [0.15, 0.2) is 48.6 Å². The third kappa shape index (κ3) is 43.9. The van der Waals surface area contributed by atoms with Crippen molar-refractivity contribution >= 4 is 11.9 Å². The smallest absolute Gasteiger partial charge is 0.306 e. The summed E-state index contributed by atoms with van der Waals surface area (Å²) in [6, 6.07) is -1.02. The zero-order valence-electron chi connectivity index (χ0n) is 51.2. The minimum Gasteiger partial charge on any atom is -0.454 e. The number of rotatable bonds is 57. The third-order valence-electron chi connectivity index (χ3n) is 15.8. The number of amides is 1. The van der Waals surface area contributed by atoms with Crippen LogP contribution >= 0.6 is 0 Å². The fraction of sp³-hybridized carbons (Fsp3) is 0.853. The number of hydrogen-bond acceptors (Lipinski definition) is 10. The molecule has 0 aliphatic carbocycles. The summed E-state index contributed by atoms with van der Waals surface area (Å²) >= 11 is 0. The van der Waals surface area contributed by atoms with Crippen LogP contribution in [0.25, 0.3) is 0 Å². The molecule has 1 rings (SSSR count). The molecule has 11 nitrogen and oxygen atoms in total. The number of ether oxygens (including phenoxy) is 3. The first-order chi connectivity index (χ1) is 38.7. The van der Waals surface area contributed by atoms with E-state index in [0.717, 1.165) is 89.9 Å². The zero-order valence-corrected chi connectivity index (χ0v) is 51.2. The molecule has 8 atom stereocenters. The molecule has 462 valence electrons. The molecule has 0 radical (unpaired) electrons. The van der Waals surface area contributed by atoms with Crippen molar-refractivity contribution in [3.8, 4) is 0 Å². The maximum atomic E-state index is 13.5. The predicted molar refractivity (Wildman–Crippen MR) is 329 cm³/mol. The maximum Gasteiger partial charge on any atom is 0.306 e. The van der Waals surface area contributed by atoms with Crippen LogP contribution in [-0.4, -0.2) is 99.6 Å². The summed E-state index contributed by atoms with van der Waals surface area (Å²) in [5.41, 5.74) is 0. The fourth-order valence-corrected chi connectivity index (χ4v) is 10.5. The first-order valence-electron chi connectivity index (χ1n) is 33.4. The second-order valence-corrected chi connectivity index (χ2v) is 23.2. The summed E-state index contributed by atoms with van der Waals surface area (Å²) in [7, 11) is 0. The Morgan fingerprint density at radius 1 is 0.506 bits per heavy atom. The van der Waals surface area contributed by atoms with Crippen molar-refractivity contribution in [3.05, 3.63) is 48.6 Å². The molecule has 1 amide bonds. The van der Waals surface area contributed by atoms with Crippen LogP contribution < -0.4 is 5.32 Å². The van der Waals surface area contributed by atoms with Crippen LogP contribution in [0.5, 0.6) is 0 Å². The molecule has 1 heterocycles. The first kappa shape index (κ1) is 74.6. The molecule has 1 aliphatic rings. The molecule has 11 heteroatoms. The molecular formula is C68H125NO10. The van der Waals surface area contributed by atoms with E-state index in [-0.39, 0.29) is 13.0 Å². The summed E-state index contributed by atoms with van der Waals surface area (Å²) in [5.74, 6) is -1.20. The lowest BCUT2D eigenvalue weighted by Crippen LogP contribution is -2.61. The van der Waals surface area contributed by atoms with E-state index in [1.54, 1.807) is 6.08 Å². The normalized spacial score (nSPS) is 19.1. The van der Waals surface area contributed by atoms with Gasteiger partial charge >= 0.3 is 5.97 Å². The van der Waals surface area contributed by atoms with Crippen molar-refractivity contribution < 1.29 is 49.3 Å². The highest BCUT2D eigenvalue weighted by Gasteiger charge is 2.47. The lowest BCUT2D eigenvalue weighted by Gasteiger charge is -2.41. The van der Waals surface area contributed by atoms with Gasteiger partial charge in [-0.1, -0.05) is 307 Å². The summed E-state index contributed by atoms with van der Waals surface area (Å²) < 4.78 is 17.6. The van der Waals surface area contributed by atoms with Crippen LogP contribution in [0.2, 0.25) is 0 Å². The van der Waals surface area contributed by atoms with E-state index in [1.807, 2.05) is 12.2 Å². The van der Waals surface area contributed by atoms with Crippen LogP contribution in [-0.2, 0) is 23.8 Å². The first-order valence-corrected chi connectivity index (χ1v) is 33.4. The molecule has 1 fully saturated rings. The number of aliphatic hydroxyl groups is 5. The van der Waals surface area contributed by atoms with Crippen molar-refractivity contribution in [1.82, 2.24) is 5.32 Å². The number of esters is 1. The van der Waals surface area contributed by atoms with Gasteiger partial charge in [-0.05, 0) is 44.9 Å². The number of unbranched alkanes of at least 4 members (excludes halogenated alkanes) is 39. The molecule has 0 saturated carbocycles. The number of carbonyl (C=O) groups excluding carboxylic acids is 2. The minimum atomic E-state index is -1.62. The van der Waals surface area contributed by atoms with Gasteiger partial charge in [-0.25, -0.2) is 0 Å². The van der Waals surface area contributed by atoms with E-state index < -0.39 is 67.4 Å². The lowest BCUT2D eigenvalue weighted by atomic mass is 9.99. The minimum absolute atomic E-state index is 0.111. The van der Waals surface area contributed by atoms with E-state index in [9.17, 15) is 35.1 Å². The maximum absolute atomic E-state index is 13.5. The highest BCUT2D eigenvalue weighted by atomic mass is 16.7. The number of nitrogens with one attached hydrogen (secondary N) is 1. The van der Waals surface area contributed by atoms with E-state index in [2.05, 4.69) is 56.5 Å². The molecule has 8 unspecified atom stereocenters. The van der Waals surface area contributed by atoms with Gasteiger partial charge in [-0.2, -0.15) is 0 Å². The molecule has 0 aromatic rings. The Morgan fingerprint density at radius 3 is 1.35 bits per heavy atom. The monoisotopic (exact) mass is 1120 g/mol. The average Bonchev–Trinajstić information content (AvgIpc) is 3.50. The van der Waals surface area contributed by atoms with E-state index in [4.69, 9.17) is 14.2 Å². The highest BCUT2D eigenvalue weighted by molar-refractivity contribution is 5.80. The third-order valence-corrected chi connectivity index (χ3v) is 15.8. The number of carbonyl (C=O) groups is 2. The Balaban J connectivity index is 2.62. The Kier molecular flexibility index (Phi) is 53.0. The standard InChI is InChI=1S/C68H125NO10/c1-4-7-10-13-16-19-22-25-27-28-29-30-31-32-33-35-37-40-43-46-49-52-55-61(72)67(76)69-59(60(71)54-51-48-45-42-39-36-24-21-18-15-12-9-6-3)58-77-68-66(65(75)64(74)62(57-70)78-68)79-63(73)56-53-50-47-44-41-38-34-26-23-20-17-14-11-8-5-2/h8,11,14,17,20,23,51,54,59-62,64-66,68,70-72,74-75H,4-7,9-10,12-13,15-16,18-19,21-22,24-50,52-53,55-58H2,1-3H3,(H,69,76)/b11-8+,17-14+,23-20+,54-51+. The van der Waals surface area contributed by atoms with Crippen molar-refractivity contribution in [2.75, 3.05) is 13.2 Å². The van der Waals surface area contributed by atoms with Crippen LogP contribution in [0.1, 0.15) is 310 Å². The molecule has 0 bridgehead atoms. The molecule has 1 saturated heterocycles. The predicted octanol–water partition coefficient (Wildman–Crippen LogP) is 16.4. The van der Waals surface area contributed by atoms with Crippen molar-refractivity contribution in [3.63, 3.8) is 0 Å². The highest BCUT2D eigenvalue weighted by Crippen LogP contribution is 2.26. The average molecular weight is 1120 g/mol. The molecular weight excluding hydrogens is 991 g/mol. The second kappa shape index (κ2) is 56.1. The molecule has 0 spiro atoms. The van der Waals surface area contributed by atoms with Crippen LogP contribution in [0.4, 0.5) is 0 Å². The van der Waals surface area contributed by atoms with Gasteiger partial charge < -0.3 is 45.1 Å². The zero-order chi connectivity index (χ0) is 57.5. The van der Waals surface area contributed by atoms with Gasteiger partial charge in [0.2, 0.25) is 5.91 Å². The summed E-state index contributed by atoms with van der Waals surface area (Å²) in [6.07, 6.45) is 58.7. The molecule has 0 aromatic carbocycles. The Morgan fingerprint density at radius 2 is 0.911 bits per heavy atom. The van der Waals surface area contributed by atoms with Gasteiger partial charge in [-0.15, -0.1) is 0 Å². The quantitative estimate of drug-likeness (QED) is 0.0149. The number of allylic oxidation sites excluding steroid dienone is 7. The molecule has 6 N–H and O–H groups in total. The van der Waals surface area contributed by atoms with Gasteiger partial charge in [-0.3, -0.25) is 9.59 Å².